The largest absolute Gasteiger partial charge is 0.480 e. The summed E-state index contributed by atoms with van der Waals surface area (Å²) in [6.45, 7) is 5.71. The molecule has 104 valence electrons. The number of carboxylic acid groups (broad SMARTS) is 1. The lowest BCUT2D eigenvalue weighted by Gasteiger charge is -2.17. The first-order chi connectivity index (χ1) is 8.82. The van der Waals surface area contributed by atoms with E-state index in [-0.39, 0.29) is 11.8 Å². The predicted octanol–water partition coefficient (Wildman–Crippen LogP) is 2.83. The summed E-state index contributed by atoms with van der Waals surface area (Å²) in [6, 6.07) is 4.57. The van der Waals surface area contributed by atoms with Gasteiger partial charge >= 0.3 is 5.97 Å². The molecular formula is C14H18INO3. The highest BCUT2D eigenvalue weighted by molar-refractivity contribution is 14.1. The molecule has 0 bridgehead atoms. The van der Waals surface area contributed by atoms with Crippen LogP contribution in [-0.4, -0.2) is 23.0 Å². The fraction of sp³-hybridized carbons (Fsp3) is 0.429. The SMILES string of the molecule is Cc1c(I)cccc1C(=O)N[C@H](CC(C)C)C(=O)O. The molecule has 4 nitrogen and oxygen atoms in total. The van der Waals surface area contributed by atoms with Gasteiger partial charge in [0.15, 0.2) is 0 Å². The minimum absolute atomic E-state index is 0.207. The molecule has 0 aliphatic rings. The first-order valence-electron chi connectivity index (χ1n) is 6.11. The van der Waals surface area contributed by atoms with Gasteiger partial charge in [-0.3, -0.25) is 4.79 Å². The first kappa shape index (κ1) is 15.9. The van der Waals surface area contributed by atoms with Gasteiger partial charge in [-0.2, -0.15) is 0 Å². The van der Waals surface area contributed by atoms with Crippen molar-refractivity contribution in [2.45, 2.75) is 33.2 Å². The molecular weight excluding hydrogens is 357 g/mol. The molecule has 0 aliphatic carbocycles. The summed E-state index contributed by atoms with van der Waals surface area (Å²) >= 11 is 2.15. The van der Waals surface area contributed by atoms with Gasteiger partial charge < -0.3 is 10.4 Å². The molecule has 1 aromatic carbocycles. The lowest BCUT2D eigenvalue weighted by atomic mass is 10.0. The van der Waals surface area contributed by atoms with Gasteiger partial charge in [-0.25, -0.2) is 4.79 Å². The van der Waals surface area contributed by atoms with E-state index in [1.807, 2.05) is 26.8 Å². The number of hydrogen-bond donors (Lipinski definition) is 2. The first-order valence-corrected chi connectivity index (χ1v) is 7.19. The molecule has 0 heterocycles. The molecule has 2 N–H and O–H groups in total. The van der Waals surface area contributed by atoms with Crippen molar-refractivity contribution >= 4 is 34.5 Å². The highest BCUT2D eigenvalue weighted by Crippen LogP contribution is 2.16. The fourth-order valence-electron chi connectivity index (χ4n) is 1.78. The minimum atomic E-state index is -0.995. The molecule has 19 heavy (non-hydrogen) atoms. The average molecular weight is 375 g/mol. The van der Waals surface area contributed by atoms with Crippen molar-refractivity contribution in [3.8, 4) is 0 Å². The van der Waals surface area contributed by atoms with E-state index in [9.17, 15) is 9.59 Å². The van der Waals surface area contributed by atoms with E-state index in [1.165, 1.54) is 0 Å². The molecule has 0 spiro atoms. The zero-order chi connectivity index (χ0) is 14.6. The second kappa shape index (κ2) is 6.88. The molecule has 0 aliphatic heterocycles. The molecule has 1 aromatic rings. The van der Waals surface area contributed by atoms with Crippen LogP contribution in [0.15, 0.2) is 18.2 Å². The quantitative estimate of drug-likeness (QED) is 0.778. The average Bonchev–Trinajstić information content (AvgIpc) is 2.31. The number of carboxylic acids is 1. The van der Waals surface area contributed by atoms with Crippen LogP contribution in [0, 0.1) is 16.4 Å². The van der Waals surface area contributed by atoms with Crippen molar-refractivity contribution in [1.29, 1.82) is 0 Å². The fourth-order valence-corrected chi connectivity index (χ4v) is 2.28. The third-order valence-electron chi connectivity index (χ3n) is 2.82. The van der Waals surface area contributed by atoms with Gasteiger partial charge in [-0.05, 0) is 59.5 Å². The van der Waals surface area contributed by atoms with E-state index in [0.29, 0.717) is 12.0 Å². The molecule has 1 atom stereocenters. The van der Waals surface area contributed by atoms with E-state index in [0.717, 1.165) is 9.13 Å². The van der Waals surface area contributed by atoms with Crippen molar-refractivity contribution in [1.82, 2.24) is 5.32 Å². The monoisotopic (exact) mass is 375 g/mol. The third-order valence-corrected chi connectivity index (χ3v) is 3.99. The van der Waals surface area contributed by atoms with Crippen LogP contribution < -0.4 is 5.32 Å². The Morgan fingerprint density at radius 1 is 1.37 bits per heavy atom. The number of benzene rings is 1. The summed E-state index contributed by atoms with van der Waals surface area (Å²) in [7, 11) is 0. The summed E-state index contributed by atoms with van der Waals surface area (Å²) in [5, 5.41) is 11.7. The zero-order valence-electron chi connectivity index (χ0n) is 11.2. The molecule has 1 amide bonds. The van der Waals surface area contributed by atoms with Gasteiger partial charge in [0.05, 0.1) is 0 Å². The van der Waals surface area contributed by atoms with Crippen LogP contribution in [0.2, 0.25) is 0 Å². The number of aliphatic carboxylic acids is 1. The maximum absolute atomic E-state index is 12.1. The van der Waals surface area contributed by atoms with Crippen molar-refractivity contribution < 1.29 is 14.7 Å². The predicted molar refractivity (Wildman–Crippen MR) is 82.2 cm³/mol. The van der Waals surface area contributed by atoms with E-state index >= 15 is 0 Å². The number of halogens is 1. The molecule has 0 unspecified atom stereocenters. The Morgan fingerprint density at radius 3 is 2.53 bits per heavy atom. The zero-order valence-corrected chi connectivity index (χ0v) is 13.4. The van der Waals surface area contributed by atoms with Crippen LogP contribution in [0.4, 0.5) is 0 Å². The highest BCUT2D eigenvalue weighted by Gasteiger charge is 2.22. The maximum Gasteiger partial charge on any atom is 0.326 e. The van der Waals surface area contributed by atoms with Gasteiger partial charge in [0.25, 0.3) is 5.91 Å². The Bertz CT molecular complexity index is 486. The highest BCUT2D eigenvalue weighted by atomic mass is 127. The van der Waals surface area contributed by atoms with Crippen LogP contribution in [-0.2, 0) is 4.79 Å². The lowest BCUT2D eigenvalue weighted by molar-refractivity contribution is -0.139. The number of amides is 1. The number of carbonyl (C=O) groups is 2. The lowest BCUT2D eigenvalue weighted by Crippen LogP contribution is -2.41. The van der Waals surface area contributed by atoms with Crippen LogP contribution >= 0.6 is 22.6 Å². The van der Waals surface area contributed by atoms with E-state index in [4.69, 9.17) is 5.11 Å². The number of rotatable bonds is 5. The molecule has 0 aromatic heterocycles. The third kappa shape index (κ3) is 4.49. The van der Waals surface area contributed by atoms with Crippen LogP contribution in [0.1, 0.15) is 36.2 Å². The molecule has 0 saturated heterocycles. The van der Waals surface area contributed by atoms with Crippen molar-refractivity contribution in [3.63, 3.8) is 0 Å². The van der Waals surface area contributed by atoms with Crippen molar-refractivity contribution in [2.24, 2.45) is 5.92 Å². The van der Waals surface area contributed by atoms with Crippen molar-refractivity contribution in [3.05, 3.63) is 32.9 Å². The Hall–Kier alpha value is -1.11. The van der Waals surface area contributed by atoms with E-state index in [1.54, 1.807) is 12.1 Å². The van der Waals surface area contributed by atoms with Crippen LogP contribution in [0.3, 0.4) is 0 Å². The van der Waals surface area contributed by atoms with E-state index in [2.05, 4.69) is 27.9 Å². The normalized spacial score (nSPS) is 12.3. The summed E-state index contributed by atoms with van der Waals surface area (Å²) in [4.78, 5) is 23.3. The van der Waals surface area contributed by atoms with E-state index < -0.39 is 12.0 Å². The van der Waals surface area contributed by atoms with Crippen LogP contribution in [0.5, 0.6) is 0 Å². The minimum Gasteiger partial charge on any atom is -0.480 e. The Balaban J connectivity index is 2.88. The number of nitrogens with one attached hydrogen (secondary N) is 1. The summed E-state index contributed by atoms with van der Waals surface area (Å²) in [5.74, 6) is -1.12. The van der Waals surface area contributed by atoms with Crippen molar-refractivity contribution in [2.75, 3.05) is 0 Å². The second-order valence-corrected chi connectivity index (χ2v) is 6.07. The summed E-state index contributed by atoms with van der Waals surface area (Å²) in [6.07, 6.45) is 0.421. The number of carbonyl (C=O) groups excluding carboxylic acids is 1. The van der Waals surface area contributed by atoms with Gasteiger partial charge in [0.2, 0.25) is 0 Å². The molecule has 5 heteroatoms. The summed E-state index contributed by atoms with van der Waals surface area (Å²) in [5.41, 5.74) is 1.40. The van der Waals surface area contributed by atoms with Gasteiger partial charge in [-0.1, -0.05) is 19.9 Å². The number of hydrogen-bond acceptors (Lipinski definition) is 2. The second-order valence-electron chi connectivity index (χ2n) is 4.91. The molecule has 0 fully saturated rings. The molecule has 0 radical (unpaired) electrons. The van der Waals surface area contributed by atoms with Gasteiger partial charge in [0, 0.05) is 9.13 Å². The van der Waals surface area contributed by atoms with Gasteiger partial charge in [0.1, 0.15) is 6.04 Å². The van der Waals surface area contributed by atoms with Gasteiger partial charge in [-0.15, -0.1) is 0 Å². The van der Waals surface area contributed by atoms with Crippen LogP contribution in [0.25, 0.3) is 0 Å². The standard InChI is InChI=1S/C14H18INO3/c1-8(2)7-12(14(18)19)16-13(17)10-5-4-6-11(15)9(10)3/h4-6,8,12H,7H2,1-3H3,(H,16,17)(H,18,19)/t12-/m1/s1. The Kier molecular flexibility index (Phi) is 5.78. The topological polar surface area (TPSA) is 66.4 Å². The smallest absolute Gasteiger partial charge is 0.326 e. The molecule has 1 rings (SSSR count). The summed E-state index contributed by atoms with van der Waals surface area (Å²) < 4.78 is 0.987. The maximum atomic E-state index is 12.1. The Labute approximate surface area is 126 Å². The Morgan fingerprint density at radius 2 is 2.00 bits per heavy atom. The molecule has 0 saturated carbocycles.